The lowest BCUT2D eigenvalue weighted by Crippen LogP contribution is -2.34. The van der Waals surface area contributed by atoms with E-state index in [-0.39, 0.29) is 6.61 Å². The molecule has 0 unspecified atom stereocenters. The highest BCUT2D eigenvalue weighted by molar-refractivity contribution is 7.86. The van der Waals surface area contributed by atoms with Crippen LogP contribution in [0.25, 0.3) is 0 Å². The number of hydrogen-bond acceptors (Lipinski definition) is 8. The zero-order chi connectivity index (χ0) is 44.2. The molecule has 328 valence electrons. The lowest BCUT2D eigenvalue weighted by Gasteiger charge is -2.31. The molecule has 15 heteroatoms. The van der Waals surface area contributed by atoms with Crippen molar-refractivity contribution in [3.05, 3.63) is 182 Å². The molecule has 2 aliphatic rings. The van der Waals surface area contributed by atoms with Crippen LogP contribution >= 0.6 is 51.7 Å². The SMILES string of the molecule is CN(CCO)C(=S)Nc1ccccc1.CN(CCOP1N(c2ccccc2)CCN1c1ccccc1)C(=S)Nc1ccccc1.ClP1N(c2ccccc2)CCN1c1ccccc1. The topological polar surface area (TPSA) is 73.0 Å². The van der Waals surface area contributed by atoms with E-state index in [2.05, 4.69) is 126 Å². The van der Waals surface area contributed by atoms with Crippen LogP contribution in [0.5, 0.6) is 0 Å². The zero-order valence-corrected chi connectivity index (χ0v) is 39.8. The molecular weight excluding hydrogens is 882 g/mol. The summed E-state index contributed by atoms with van der Waals surface area (Å²) in [5, 5.41) is 16.4. The van der Waals surface area contributed by atoms with Crippen LogP contribution in [-0.2, 0) is 4.52 Å². The van der Waals surface area contributed by atoms with Crippen LogP contribution in [-0.4, -0.2) is 91.7 Å². The van der Waals surface area contributed by atoms with Gasteiger partial charge in [-0.1, -0.05) is 109 Å². The predicted molar refractivity (Wildman–Crippen MR) is 278 cm³/mol. The van der Waals surface area contributed by atoms with Gasteiger partial charge < -0.3 is 48.7 Å². The number of nitrogens with zero attached hydrogens (tertiary/aromatic N) is 6. The molecule has 0 radical (unpaired) electrons. The molecule has 2 saturated heterocycles. The summed E-state index contributed by atoms with van der Waals surface area (Å²) >= 11 is 17.3. The standard InChI is InChI=1S/C24H27N4OPS.C14H14ClN2P.C10H14N2OS/c1-26(24(31)25-21-11-5-2-6-12-21)19-20-29-30-27(22-13-7-3-8-14-22)17-18-28(30)23-15-9-4-10-16-23;15-18-16(13-7-3-1-4-8-13)11-12-17(18)14-9-5-2-6-10-14;1-12(7-8-13)10(14)11-9-5-3-2-4-6-9/h2-16H,17-20H2,1H3,(H,25,31);1-10H,11-12H2;2-6,13H,7-8H2,1H3,(H,11,14). The molecule has 0 aliphatic carbocycles. The predicted octanol–water partition coefficient (Wildman–Crippen LogP) is 11.4. The van der Waals surface area contributed by atoms with Crippen molar-refractivity contribution < 1.29 is 9.63 Å². The van der Waals surface area contributed by atoms with Gasteiger partial charge in [0.25, 0.3) is 0 Å². The second-order valence-corrected chi connectivity index (χ2v) is 19.2. The summed E-state index contributed by atoms with van der Waals surface area (Å²) in [6.45, 7) is 5.78. The number of benzene rings is 6. The quantitative estimate of drug-likeness (QED) is 0.0808. The molecule has 0 aromatic heterocycles. The third kappa shape index (κ3) is 14.2. The van der Waals surface area contributed by atoms with Gasteiger partial charge in [0.15, 0.2) is 17.8 Å². The smallest absolute Gasteiger partial charge is 0.248 e. The van der Waals surface area contributed by atoms with Gasteiger partial charge in [0.2, 0.25) is 8.45 Å². The fourth-order valence-electron chi connectivity index (χ4n) is 6.51. The molecule has 0 amide bonds. The van der Waals surface area contributed by atoms with E-state index >= 15 is 0 Å². The minimum absolute atomic E-state index is 0.104. The van der Waals surface area contributed by atoms with Crippen molar-refractivity contribution in [1.82, 2.24) is 9.80 Å². The second kappa shape index (κ2) is 25.3. The van der Waals surface area contributed by atoms with Crippen LogP contribution in [0.15, 0.2) is 182 Å². The summed E-state index contributed by atoms with van der Waals surface area (Å²) in [7, 11) is 2.08. The molecule has 0 bridgehead atoms. The highest BCUT2D eigenvalue weighted by atomic mass is 35.7. The summed E-state index contributed by atoms with van der Waals surface area (Å²) in [5.74, 6) is 0. The van der Waals surface area contributed by atoms with Gasteiger partial charge in [0, 0.05) is 87.5 Å². The first-order valence-electron chi connectivity index (χ1n) is 20.8. The van der Waals surface area contributed by atoms with Crippen molar-refractivity contribution in [3.63, 3.8) is 0 Å². The van der Waals surface area contributed by atoms with E-state index in [1.807, 2.05) is 104 Å². The molecule has 63 heavy (non-hydrogen) atoms. The lowest BCUT2D eigenvalue weighted by molar-refractivity contribution is 0.265. The average molecular weight is 938 g/mol. The van der Waals surface area contributed by atoms with Crippen LogP contribution < -0.4 is 29.3 Å². The van der Waals surface area contributed by atoms with E-state index in [9.17, 15) is 0 Å². The van der Waals surface area contributed by atoms with E-state index in [1.54, 1.807) is 4.90 Å². The molecular formula is C48H55ClN8O2P2S2. The fourth-order valence-corrected chi connectivity index (χ4v) is 11.3. The van der Waals surface area contributed by atoms with Crippen LogP contribution in [0.1, 0.15) is 0 Å². The van der Waals surface area contributed by atoms with Crippen molar-refractivity contribution in [1.29, 1.82) is 0 Å². The summed E-state index contributed by atoms with van der Waals surface area (Å²) in [4.78, 5) is 3.82. The Kier molecular flexibility index (Phi) is 19.1. The van der Waals surface area contributed by atoms with E-state index < -0.39 is 16.0 Å². The van der Waals surface area contributed by atoms with Gasteiger partial charge in [-0.3, -0.25) is 0 Å². The molecule has 0 atom stereocenters. The van der Waals surface area contributed by atoms with Crippen molar-refractivity contribution in [2.75, 3.05) is 95.9 Å². The second-order valence-electron chi connectivity index (χ2n) is 14.3. The monoisotopic (exact) mass is 936 g/mol. The Morgan fingerprint density at radius 1 is 0.524 bits per heavy atom. The zero-order valence-electron chi connectivity index (χ0n) is 35.6. The first-order chi connectivity index (χ1) is 30.8. The van der Waals surface area contributed by atoms with Gasteiger partial charge in [0.1, 0.15) is 0 Å². The van der Waals surface area contributed by atoms with Crippen molar-refractivity contribution >= 4 is 96.1 Å². The largest absolute Gasteiger partial charge is 0.395 e. The molecule has 2 fully saturated rings. The molecule has 8 rings (SSSR count). The number of anilines is 6. The summed E-state index contributed by atoms with van der Waals surface area (Å²) in [5.41, 5.74) is 6.76. The van der Waals surface area contributed by atoms with Gasteiger partial charge in [-0.2, -0.15) is 0 Å². The van der Waals surface area contributed by atoms with Gasteiger partial charge in [-0.25, -0.2) is 0 Å². The molecule has 6 aromatic rings. The Bertz CT molecular complexity index is 2140. The summed E-state index contributed by atoms with van der Waals surface area (Å²) < 4.78 is 15.8. The summed E-state index contributed by atoms with van der Waals surface area (Å²) in [6.07, 6.45) is 0. The van der Waals surface area contributed by atoms with Gasteiger partial charge in [-0.05, 0) is 108 Å². The van der Waals surface area contributed by atoms with Crippen LogP contribution in [0, 0.1) is 0 Å². The minimum Gasteiger partial charge on any atom is -0.395 e. The Morgan fingerprint density at radius 3 is 1.17 bits per heavy atom. The molecule has 6 aromatic carbocycles. The number of rotatable bonds is 12. The Morgan fingerprint density at radius 2 is 0.825 bits per heavy atom. The van der Waals surface area contributed by atoms with Crippen LogP contribution in [0.3, 0.4) is 0 Å². The number of nitrogens with one attached hydrogen (secondary N) is 2. The number of thiocarbonyl (C=S) groups is 2. The lowest BCUT2D eigenvalue weighted by atomic mass is 10.3. The Balaban J connectivity index is 0.000000174. The Labute approximate surface area is 391 Å². The van der Waals surface area contributed by atoms with E-state index in [1.165, 1.54) is 22.7 Å². The number of likely N-dealkylation sites (N-methyl/N-ethyl adjacent to an activating group) is 2. The molecule has 10 nitrogen and oxygen atoms in total. The maximum atomic E-state index is 8.72. The number of para-hydroxylation sites is 6. The number of hydrogen-bond donors (Lipinski definition) is 3. The summed E-state index contributed by atoms with van der Waals surface area (Å²) in [6, 6.07) is 61.5. The van der Waals surface area contributed by atoms with E-state index in [0.717, 1.165) is 37.6 Å². The Hall–Kier alpha value is -5.03. The third-order valence-electron chi connectivity index (χ3n) is 9.89. The van der Waals surface area contributed by atoms with Crippen molar-refractivity contribution in [2.45, 2.75) is 0 Å². The van der Waals surface area contributed by atoms with E-state index in [0.29, 0.717) is 29.9 Å². The van der Waals surface area contributed by atoms with Crippen LogP contribution in [0.4, 0.5) is 34.1 Å². The third-order valence-corrected chi connectivity index (χ3v) is 15.6. The van der Waals surface area contributed by atoms with Gasteiger partial charge in [-0.15, -0.1) is 0 Å². The molecule has 2 heterocycles. The average Bonchev–Trinajstić information content (AvgIpc) is 3.94. The highest BCUT2D eigenvalue weighted by Crippen LogP contribution is 2.56. The van der Waals surface area contributed by atoms with Gasteiger partial charge >= 0.3 is 0 Å². The van der Waals surface area contributed by atoms with Crippen molar-refractivity contribution in [3.8, 4) is 0 Å². The molecule has 3 N–H and O–H groups in total. The van der Waals surface area contributed by atoms with Crippen LogP contribution in [0.2, 0.25) is 0 Å². The minimum atomic E-state index is -0.946. The number of aliphatic hydroxyl groups excluding tert-OH is 1. The number of halogens is 1. The molecule has 0 saturated carbocycles. The first-order valence-corrected chi connectivity index (χ1v) is 24.9. The molecule has 0 spiro atoms. The fraction of sp³-hybridized carbons (Fsp3) is 0.208. The maximum absolute atomic E-state index is 8.72. The number of aliphatic hydroxyl groups is 1. The first kappa shape index (κ1) is 47.4. The van der Waals surface area contributed by atoms with Crippen molar-refractivity contribution in [2.24, 2.45) is 0 Å². The van der Waals surface area contributed by atoms with E-state index in [4.69, 9.17) is 45.3 Å². The maximum Gasteiger partial charge on any atom is 0.248 e. The highest BCUT2D eigenvalue weighted by Gasteiger charge is 2.35. The molecule has 2 aliphatic heterocycles. The normalized spacial score (nSPS) is 13.7. The van der Waals surface area contributed by atoms with Gasteiger partial charge in [0.05, 0.1) is 13.2 Å².